The minimum Gasteiger partial charge on any atom is -0.492 e. The van der Waals surface area contributed by atoms with Crippen LogP contribution in [0.5, 0.6) is 5.75 Å². The van der Waals surface area contributed by atoms with E-state index in [9.17, 15) is 0 Å². The number of halogens is 1. The fourth-order valence-corrected chi connectivity index (χ4v) is 2.41. The van der Waals surface area contributed by atoms with E-state index < -0.39 is 0 Å². The third kappa shape index (κ3) is 5.40. The zero-order chi connectivity index (χ0) is 13.4. The number of benzene rings is 1. The molecule has 0 saturated heterocycles. The van der Waals surface area contributed by atoms with E-state index in [4.69, 9.17) is 10.5 Å². The van der Waals surface area contributed by atoms with Crippen molar-refractivity contribution >= 4 is 15.9 Å². The molecule has 0 amide bonds. The number of hydrogen-bond donors (Lipinski definition) is 1. The fraction of sp³-hybridized carbons (Fsp3) is 0.600. The summed E-state index contributed by atoms with van der Waals surface area (Å²) in [5, 5.41) is 0. The Kier molecular flexibility index (Phi) is 7.36. The molecule has 102 valence electrons. The molecule has 0 aliphatic rings. The average Bonchev–Trinajstić information content (AvgIpc) is 2.35. The quantitative estimate of drug-likeness (QED) is 0.782. The summed E-state index contributed by atoms with van der Waals surface area (Å²) in [6.07, 6.45) is 4.44. The van der Waals surface area contributed by atoms with Crippen LogP contribution in [0.25, 0.3) is 0 Å². The van der Waals surface area contributed by atoms with E-state index in [-0.39, 0.29) is 0 Å². The first-order chi connectivity index (χ1) is 8.67. The molecule has 2 nitrogen and oxygen atoms in total. The van der Waals surface area contributed by atoms with Crippen molar-refractivity contribution in [1.82, 2.24) is 0 Å². The highest BCUT2D eigenvalue weighted by Gasteiger charge is 2.05. The van der Waals surface area contributed by atoms with Crippen LogP contribution in [0, 0.1) is 5.92 Å². The lowest BCUT2D eigenvalue weighted by atomic mass is 9.98. The van der Waals surface area contributed by atoms with Gasteiger partial charge in [-0.3, -0.25) is 0 Å². The highest BCUT2D eigenvalue weighted by Crippen LogP contribution is 2.27. The van der Waals surface area contributed by atoms with Gasteiger partial charge >= 0.3 is 0 Å². The zero-order valence-corrected chi connectivity index (χ0v) is 13.0. The summed E-state index contributed by atoms with van der Waals surface area (Å²) in [4.78, 5) is 0. The van der Waals surface area contributed by atoms with E-state index in [1.165, 1.54) is 12.0 Å². The lowest BCUT2D eigenvalue weighted by Gasteiger charge is -2.11. The smallest absolute Gasteiger partial charge is 0.133 e. The van der Waals surface area contributed by atoms with Gasteiger partial charge in [-0.2, -0.15) is 0 Å². The standard InChI is InChI=1S/C15H24BrNO/c1-3-10-18-15-7-6-13(11-14(15)16)5-4-12(2)8-9-17/h6-7,11-12H,3-5,8-10,17H2,1-2H3. The second-order valence-corrected chi connectivity index (χ2v) is 5.69. The third-order valence-electron chi connectivity index (χ3n) is 3.04. The van der Waals surface area contributed by atoms with Crippen LogP contribution in [0.4, 0.5) is 0 Å². The average molecular weight is 314 g/mol. The molecular formula is C15H24BrNO. The maximum atomic E-state index is 5.64. The lowest BCUT2D eigenvalue weighted by Crippen LogP contribution is -2.06. The molecule has 0 bridgehead atoms. The Labute approximate surface area is 119 Å². The monoisotopic (exact) mass is 313 g/mol. The molecule has 0 heterocycles. The number of hydrogen-bond acceptors (Lipinski definition) is 2. The summed E-state index contributed by atoms with van der Waals surface area (Å²) < 4.78 is 6.70. The molecular weight excluding hydrogens is 290 g/mol. The van der Waals surface area contributed by atoms with Crippen molar-refractivity contribution < 1.29 is 4.74 Å². The van der Waals surface area contributed by atoms with Gasteiger partial charge in [0.15, 0.2) is 0 Å². The van der Waals surface area contributed by atoms with Gasteiger partial charge in [-0.15, -0.1) is 0 Å². The Morgan fingerprint density at radius 3 is 2.72 bits per heavy atom. The van der Waals surface area contributed by atoms with Gasteiger partial charge in [0.1, 0.15) is 5.75 Å². The predicted octanol–water partition coefficient (Wildman–Crippen LogP) is 4.16. The molecule has 0 fully saturated rings. The fourth-order valence-electron chi connectivity index (χ4n) is 1.87. The molecule has 0 aliphatic heterocycles. The molecule has 1 aromatic rings. The van der Waals surface area contributed by atoms with Crippen molar-refractivity contribution in [1.29, 1.82) is 0 Å². The van der Waals surface area contributed by atoms with Crippen molar-refractivity contribution in [2.45, 2.75) is 39.5 Å². The summed E-state index contributed by atoms with van der Waals surface area (Å²) in [5.41, 5.74) is 6.92. The maximum absolute atomic E-state index is 5.64. The molecule has 1 rings (SSSR count). The Balaban J connectivity index is 2.50. The molecule has 0 aliphatic carbocycles. The Morgan fingerprint density at radius 2 is 2.11 bits per heavy atom. The second kappa shape index (κ2) is 8.54. The van der Waals surface area contributed by atoms with Gasteiger partial charge in [-0.1, -0.05) is 19.9 Å². The van der Waals surface area contributed by atoms with Crippen molar-refractivity contribution in [3.05, 3.63) is 28.2 Å². The lowest BCUT2D eigenvalue weighted by molar-refractivity contribution is 0.315. The Morgan fingerprint density at radius 1 is 1.33 bits per heavy atom. The number of ether oxygens (including phenoxy) is 1. The predicted molar refractivity (Wildman–Crippen MR) is 81.1 cm³/mol. The number of rotatable bonds is 8. The summed E-state index contributed by atoms with van der Waals surface area (Å²) in [6.45, 7) is 5.93. The molecule has 0 spiro atoms. The van der Waals surface area contributed by atoms with E-state index >= 15 is 0 Å². The molecule has 0 aromatic heterocycles. The van der Waals surface area contributed by atoms with Gasteiger partial charge in [0.25, 0.3) is 0 Å². The molecule has 1 aromatic carbocycles. The van der Waals surface area contributed by atoms with E-state index in [0.717, 1.165) is 42.6 Å². The van der Waals surface area contributed by atoms with Crippen LogP contribution in [0.15, 0.2) is 22.7 Å². The first-order valence-corrected chi connectivity index (χ1v) is 7.58. The van der Waals surface area contributed by atoms with Gasteiger partial charge in [0.2, 0.25) is 0 Å². The summed E-state index contributed by atoms with van der Waals surface area (Å²) >= 11 is 3.57. The van der Waals surface area contributed by atoms with Crippen LogP contribution in [-0.4, -0.2) is 13.2 Å². The molecule has 2 N–H and O–H groups in total. The van der Waals surface area contributed by atoms with Crippen LogP contribution >= 0.6 is 15.9 Å². The van der Waals surface area contributed by atoms with Crippen LogP contribution in [0.1, 0.15) is 38.7 Å². The molecule has 18 heavy (non-hydrogen) atoms. The molecule has 1 unspecified atom stereocenters. The van der Waals surface area contributed by atoms with E-state index in [1.807, 2.05) is 0 Å². The van der Waals surface area contributed by atoms with Crippen LogP contribution in [-0.2, 0) is 6.42 Å². The minimum absolute atomic E-state index is 0.699. The molecule has 1 atom stereocenters. The van der Waals surface area contributed by atoms with Crippen LogP contribution in [0.2, 0.25) is 0 Å². The van der Waals surface area contributed by atoms with Gasteiger partial charge in [0, 0.05) is 0 Å². The normalized spacial score (nSPS) is 12.4. The number of aryl methyl sites for hydroxylation is 1. The Hall–Kier alpha value is -0.540. The summed E-state index contributed by atoms with van der Waals surface area (Å²) in [5.74, 6) is 1.64. The Bertz CT molecular complexity index is 354. The van der Waals surface area contributed by atoms with E-state index in [0.29, 0.717) is 5.92 Å². The van der Waals surface area contributed by atoms with E-state index in [1.54, 1.807) is 0 Å². The summed E-state index contributed by atoms with van der Waals surface area (Å²) in [7, 11) is 0. The van der Waals surface area contributed by atoms with Gasteiger partial charge in [-0.25, -0.2) is 0 Å². The minimum atomic E-state index is 0.699. The topological polar surface area (TPSA) is 35.2 Å². The first kappa shape index (κ1) is 15.5. The van der Waals surface area contributed by atoms with Gasteiger partial charge < -0.3 is 10.5 Å². The van der Waals surface area contributed by atoms with Gasteiger partial charge in [-0.05, 0) is 71.8 Å². The third-order valence-corrected chi connectivity index (χ3v) is 3.66. The van der Waals surface area contributed by atoms with Crippen molar-refractivity contribution in [3.8, 4) is 5.75 Å². The maximum Gasteiger partial charge on any atom is 0.133 e. The zero-order valence-electron chi connectivity index (χ0n) is 11.4. The van der Waals surface area contributed by atoms with Crippen molar-refractivity contribution in [3.63, 3.8) is 0 Å². The first-order valence-electron chi connectivity index (χ1n) is 6.78. The molecule has 0 radical (unpaired) electrons. The van der Waals surface area contributed by atoms with Crippen LogP contribution in [0.3, 0.4) is 0 Å². The highest BCUT2D eigenvalue weighted by atomic mass is 79.9. The van der Waals surface area contributed by atoms with Gasteiger partial charge in [0.05, 0.1) is 11.1 Å². The van der Waals surface area contributed by atoms with E-state index in [2.05, 4.69) is 48.0 Å². The van der Waals surface area contributed by atoms with Crippen molar-refractivity contribution in [2.75, 3.05) is 13.2 Å². The molecule has 3 heteroatoms. The second-order valence-electron chi connectivity index (χ2n) is 4.83. The highest BCUT2D eigenvalue weighted by molar-refractivity contribution is 9.10. The largest absolute Gasteiger partial charge is 0.492 e. The SMILES string of the molecule is CCCOc1ccc(CCC(C)CCN)cc1Br. The van der Waals surface area contributed by atoms with Crippen molar-refractivity contribution in [2.24, 2.45) is 11.7 Å². The molecule has 0 saturated carbocycles. The van der Waals surface area contributed by atoms with Crippen LogP contribution < -0.4 is 10.5 Å². The number of nitrogens with two attached hydrogens (primary N) is 1. The summed E-state index contributed by atoms with van der Waals surface area (Å²) in [6, 6.07) is 6.38.